The van der Waals surface area contributed by atoms with Crippen molar-refractivity contribution in [2.75, 3.05) is 18.0 Å². The molecule has 124 valence electrons. The van der Waals surface area contributed by atoms with Gasteiger partial charge >= 0.3 is 0 Å². The molecule has 2 heterocycles. The molecule has 0 amide bonds. The highest BCUT2D eigenvalue weighted by Gasteiger charge is 2.37. The summed E-state index contributed by atoms with van der Waals surface area (Å²) in [4.78, 5) is 10.7. The largest absolute Gasteiger partial charge is 0.356 e. The van der Waals surface area contributed by atoms with E-state index in [1.54, 1.807) is 6.07 Å². The Kier molecular flexibility index (Phi) is 3.81. The zero-order valence-corrected chi connectivity index (χ0v) is 13.7. The molecule has 0 N–H and O–H groups in total. The minimum absolute atomic E-state index is 0.295. The van der Waals surface area contributed by atoms with E-state index < -0.39 is 5.41 Å². The van der Waals surface area contributed by atoms with Gasteiger partial charge in [-0.1, -0.05) is 30.3 Å². The van der Waals surface area contributed by atoms with Crippen LogP contribution in [-0.4, -0.2) is 23.1 Å². The highest BCUT2D eigenvalue weighted by Crippen LogP contribution is 2.37. The van der Waals surface area contributed by atoms with Crippen molar-refractivity contribution in [2.24, 2.45) is 0 Å². The lowest BCUT2D eigenvalue weighted by Gasteiger charge is -2.38. The van der Waals surface area contributed by atoms with Crippen molar-refractivity contribution in [3.63, 3.8) is 0 Å². The van der Waals surface area contributed by atoms with Gasteiger partial charge < -0.3 is 4.90 Å². The van der Waals surface area contributed by atoms with E-state index in [0.717, 1.165) is 16.9 Å². The van der Waals surface area contributed by atoms with Gasteiger partial charge in [-0.25, -0.2) is 14.4 Å². The topological polar surface area (TPSA) is 52.8 Å². The van der Waals surface area contributed by atoms with Gasteiger partial charge in [0.15, 0.2) is 0 Å². The monoisotopic (exact) mass is 332 g/mol. The summed E-state index contributed by atoms with van der Waals surface area (Å²) in [6.45, 7) is 1.40. The van der Waals surface area contributed by atoms with Gasteiger partial charge in [-0.2, -0.15) is 5.26 Å². The third kappa shape index (κ3) is 2.70. The Bertz CT molecular complexity index is 941. The normalized spacial score (nSPS) is 16.6. The van der Waals surface area contributed by atoms with Crippen molar-refractivity contribution in [3.8, 4) is 6.07 Å². The van der Waals surface area contributed by atoms with Crippen LogP contribution >= 0.6 is 0 Å². The Morgan fingerprint density at radius 2 is 1.80 bits per heavy atom. The summed E-state index contributed by atoms with van der Waals surface area (Å²) in [7, 11) is 0. The van der Waals surface area contributed by atoms with Crippen LogP contribution < -0.4 is 4.90 Å². The van der Waals surface area contributed by atoms with Crippen LogP contribution in [0, 0.1) is 17.1 Å². The average Bonchev–Trinajstić information content (AvgIpc) is 2.68. The van der Waals surface area contributed by atoms with Crippen LogP contribution in [0.25, 0.3) is 10.9 Å². The molecule has 5 heteroatoms. The van der Waals surface area contributed by atoms with Gasteiger partial charge in [0.05, 0.1) is 17.0 Å². The summed E-state index contributed by atoms with van der Waals surface area (Å²) in [6.07, 6.45) is 2.95. The van der Waals surface area contributed by atoms with Crippen LogP contribution in [0.3, 0.4) is 0 Å². The molecule has 0 spiro atoms. The van der Waals surface area contributed by atoms with Crippen molar-refractivity contribution in [1.29, 1.82) is 5.26 Å². The number of hydrogen-bond acceptors (Lipinski definition) is 4. The number of halogens is 1. The van der Waals surface area contributed by atoms with Crippen LogP contribution in [0.2, 0.25) is 0 Å². The molecular formula is C20H17FN4. The number of aromatic nitrogens is 2. The third-order valence-corrected chi connectivity index (χ3v) is 5.03. The first-order valence-corrected chi connectivity index (χ1v) is 8.34. The minimum atomic E-state index is -0.466. The molecule has 4 nitrogen and oxygen atoms in total. The number of fused-ring (bicyclic) bond motifs is 1. The molecule has 0 radical (unpaired) electrons. The summed E-state index contributed by atoms with van der Waals surface area (Å²) >= 11 is 0. The standard InChI is InChI=1S/C20H17FN4/c21-16-6-7-18-17(12-16)19(24-14-23-18)25-10-8-20(13-22,9-11-25)15-4-2-1-3-5-15/h1-7,12,14H,8-11H2. The second kappa shape index (κ2) is 6.14. The van der Waals surface area contributed by atoms with E-state index in [2.05, 4.69) is 20.9 Å². The summed E-state index contributed by atoms with van der Waals surface area (Å²) in [6, 6.07) is 17.0. The van der Waals surface area contributed by atoms with Crippen molar-refractivity contribution in [3.05, 3.63) is 66.2 Å². The summed E-state index contributed by atoms with van der Waals surface area (Å²) in [5.74, 6) is 0.445. The molecule has 0 bridgehead atoms. The van der Waals surface area contributed by atoms with Gasteiger partial charge in [0.25, 0.3) is 0 Å². The molecule has 3 aromatic rings. The molecule has 4 rings (SSSR count). The first kappa shape index (κ1) is 15.5. The van der Waals surface area contributed by atoms with Gasteiger partial charge in [0, 0.05) is 18.5 Å². The highest BCUT2D eigenvalue weighted by atomic mass is 19.1. The molecule has 1 aliphatic heterocycles. The van der Waals surface area contributed by atoms with Gasteiger partial charge in [-0.05, 0) is 36.6 Å². The van der Waals surface area contributed by atoms with Gasteiger partial charge in [0.1, 0.15) is 18.0 Å². The number of nitrogens with zero attached hydrogens (tertiary/aromatic N) is 4. The SMILES string of the molecule is N#CC1(c2ccccc2)CCN(c2ncnc3ccc(F)cc23)CC1. The quantitative estimate of drug-likeness (QED) is 0.716. The zero-order chi connectivity index (χ0) is 17.3. The Morgan fingerprint density at radius 3 is 2.52 bits per heavy atom. The van der Waals surface area contributed by atoms with Crippen LogP contribution in [0.4, 0.5) is 10.2 Å². The molecule has 1 saturated heterocycles. The molecule has 0 aliphatic carbocycles. The number of hydrogen-bond donors (Lipinski definition) is 0. The van der Waals surface area contributed by atoms with Crippen LogP contribution in [0.15, 0.2) is 54.9 Å². The highest BCUT2D eigenvalue weighted by molar-refractivity contribution is 5.89. The first-order chi connectivity index (χ1) is 12.2. The lowest BCUT2D eigenvalue weighted by Crippen LogP contribution is -2.42. The number of nitriles is 1. The molecule has 0 atom stereocenters. The maximum Gasteiger partial charge on any atom is 0.139 e. The maximum atomic E-state index is 13.7. The zero-order valence-electron chi connectivity index (χ0n) is 13.7. The van der Waals surface area contributed by atoms with E-state index in [1.165, 1.54) is 18.5 Å². The Hall–Kier alpha value is -3.00. The van der Waals surface area contributed by atoms with Crippen LogP contribution in [0.5, 0.6) is 0 Å². The van der Waals surface area contributed by atoms with E-state index in [-0.39, 0.29) is 5.82 Å². The lowest BCUT2D eigenvalue weighted by molar-refractivity contribution is 0.414. The van der Waals surface area contributed by atoms with E-state index >= 15 is 0 Å². The molecule has 1 fully saturated rings. The molecule has 0 saturated carbocycles. The Morgan fingerprint density at radius 1 is 1.04 bits per heavy atom. The second-order valence-electron chi connectivity index (χ2n) is 6.41. The van der Waals surface area contributed by atoms with E-state index in [0.29, 0.717) is 31.3 Å². The Labute approximate surface area is 145 Å². The van der Waals surface area contributed by atoms with Gasteiger partial charge in [-0.3, -0.25) is 0 Å². The fourth-order valence-corrected chi connectivity index (χ4v) is 3.59. The molecule has 25 heavy (non-hydrogen) atoms. The summed E-state index contributed by atoms with van der Waals surface area (Å²) < 4.78 is 13.7. The number of rotatable bonds is 2. The van der Waals surface area contributed by atoms with Crippen molar-refractivity contribution < 1.29 is 4.39 Å². The minimum Gasteiger partial charge on any atom is -0.356 e. The lowest BCUT2D eigenvalue weighted by atomic mass is 9.74. The first-order valence-electron chi connectivity index (χ1n) is 8.34. The number of anilines is 1. The van der Waals surface area contributed by atoms with E-state index in [1.807, 2.05) is 30.3 Å². The Balaban J connectivity index is 1.65. The maximum absolute atomic E-state index is 13.7. The van der Waals surface area contributed by atoms with Crippen LogP contribution in [-0.2, 0) is 5.41 Å². The summed E-state index contributed by atoms with van der Waals surface area (Å²) in [5, 5.41) is 10.5. The fourth-order valence-electron chi connectivity index (χ4n) is 3.59. The average molecular weight is 332 g/mol. The second-order valence-corrected chi connectivity index (χ2v) is 6.41. The number of benzene rings is 2. The smallest absolute Gasteiger partial charge is 0.139 e. The van der Waals surface area contributed by atoms with Crippen molar-refractivity contribution in [2.45, 2.75) is 18.3 Å². The van der Waals surface area contributed by atoms with E-state index in [9.17, 15) is 9.65 Å². The predicted molar refractivity (Wildman–Crippen MR) is 94.7 cm³/mol. The molecule has 1 aromatic heterocycles. The van der Waals surface area contributed by atoms with Crippen molar-refractivity contribution in [1.82, 2.24) is 9.97 Å². The van der Waals surface area contributed by atoms with Crippen LogP contribution in [0.1, 0.15) is 18.4 Å². The molecule has 2 aromatic carbocycles. The van der Waals surface area contributed by atoms with Crippen molar-refractivity contribution >= 4 is 16.7 Å². The van der Waals surface area contributed by atoms with E-state index in [4.69, 9.17) is 0 Å². The summed E-state index contributed by atoms with van der Waals surface area (Å²) in [5.41, 5.74) is 1.33. The predicted octanol–water partition coefficient (Wildman–Crippen LogP) is 3.83. The van der Waals surface area contributed by atoms with Gasteiger partial charge in [0.2, 0.25) is 0 Å². The molecule has 1 aliphatic rings. The van der Waals surface area contributed by atoms with Gasteiger partial charge in [-0.15, -0.1) is 0 Å². The molecular weight excluding hydrogens is 315 g/mol. The number of piperidine rings is 1. The molecule has 0 unspecified atom stereocenters. The third-order valence-electron chi connectivity index (χ3n) is 5.03. The fraction of sp³-hybridized carbons (Fsp3) is 0.250.